The Labute approximate surface area is 48.1 Å². The summed E-state index contributed by atoms with van der Waals surface area (Å²) < 4.78 is 0. The third-order valence-corrected chi connectivity index (χ3v) is 0.500. The van der Waals surface area contributed by atoms with Gasteiger partial charge >= 0.3 is 0 Å². The van der Waals surface area contributed by atoms with E-state index in [9.17, 15) is 0 Å². The number of nitrogens with one attached hydrogen (secondary N) is 1. The average molecular weight is 105 g/mol. The number of hydrogen-bond donors (Lipinski definition) is 1. The zero-order valence-electron chi connectivity index (χ0n) is 3.91. The molecular formula is C6H19N. The molecule has 0 aromatic carbocycles. The van der Waals surface area contributed by atoms with Gasteiger partial charge in [0.05, 0.1) is 0 Å². The number of hydrogen-bond acceptors (Lipinski definition) is 1. The highest BCUT2D eigenvalue weighted by molar-refractivity contribution is 4.28. The summed E-state index contributed by atoms with van der Waals surface area (Å²) in [5.74, 6) is 0. The average Bonchev–Trinajstić information content (AvgIpc) is 1.41. The SMILES string of the molecule is C.C.CCCNC. The normalized spacial score (nSPS) is 6.00. The van der Waals surface area contributed by atoms with Crippen molar-refractivity contribution in [1.29, 1.82) is 0 Å². The van der Waals surface area contributed by atoms with Gasteiger partial charge in [-0.05, 0) is 20.0 Å². The molecule has 0 fully saturated rings. The molecule has 48 valence electrons. The lowest BCUT2D eigenvalue weighted by Gasteiger charge is -1.84. The van der Waals surface area contributed by atoms with Crippen LogP contribution in [0.5, 0.6) is 0 Å². The summed E-state index contributed by atoms with van der Waals surface area (Å²) in [5.41, 5.74) is 0. The molecular weight excluding hydrogens is 86.1 g/mol. The predicted molar refractivity (Wildman–Crippen MR) is 37.7 cm³/mol. The summed E-state index contributed by atoms with van der Waals surface area (Å²) in [7, 11) is 1.96. The first kappa shape index (κ1) is 15.8. The first-order valence-corrected chi connectivity index (χ1v) is 2.06. The quantitative estimate of drug-likeness (QED) is 0.565. The Morgan fingerprint density at radius 2 is 1.71 bits per heavy atom. The van der Waals surface area contributed by atoms with E-state index in [0.717, 1.165) is 6.54 Å². The van der Waals surface area contributed by atoms with Gasteiger partial charge in [0.2, 0.25) is 0 Å². The molecule has 0 heterocycles. The van der Waals surface area contributed by atoms with Crippen LogP contribution in [0.2, 0.25) is 0 Å². The van der Waals surface area contributed by atoms with Gasteiger partial charge in [-0.15, -0.1) is 0 Å². The zero-order chi connectivity index (χ0) is 4.12. The molecule has 0 aliphatic rings. The van der Waals surface area contributed by atoms with Crippen molar-refractivity contribution in [1.82, 2.24) is 5.32 Å². The van der Waals surface area contributed by atoms with Crippen molar-refractivity contribution < 1.29 is 0 Å². The predicted octanol–water partition coefficient (Wildman–Crippen LogP) is 1.89. The summed E-state index contributed by atoms with van der Waals surface area (Å²) in [6.07, 6.45) is 1.23. The van der Waals surface area contributed by atoms with E-state index in [0.29, 0.717) is 0 Å². The highest BCUT2D eigenvalue weighted by Gasteiger charge is 1.64. The van der Waals surface area contributed by atoms with E-state index in [4.69, 9.17) is 0 Å². The summed E-state index contributed by atoms with van der Waals surface area (Å²) in [6, 6.07) is 0. The molecule has 0 unspecified atom stereocenters. The van der Waals surface area contributed by atoms with Gasteiger partial charge < -0.3 is 5.32 Å². The van der Waals surface area contributed by atoms with Crippen molar-refractivity contribution in [3.63, 3.8) is 0 Å². The van der Waals surface area contributed by atoms with Crippen LogP contribution in [0.3, 0.4) is 0 Å². The van der Waals surface area contributed by atoms with Crippen LogP contribution in [0.25, 0.3) is 0 Å². The molecule has 7 heavy (non-hydrogen) atoms. The molecule has 1 nitrogen and oxygen atoms in total. The van der Waals surface area contributed by atoms with Gasteiger partial charge in [0.1, 0.15) is 0 Å². The van der Waals surface area contributed by atoms with Gasteiger partial charge in [0.25, 0.3) is 0 Å². The van der Waals surface area contributed by atoms with Crippen LogP contribution in [0.4, 0.5) is 0 Å². The maximum atomic E-state index is 3.02. The first-order valence-electron chi connectivity index (χ1n) is 2.06. The van der Waals surface area contributed by atoms with E-state index in [1.807, 2.05) is 7.05 Å². The topological polar surface area (TPSA) is 12.0 Å². The second kappa shape index (κ2) is 16.7. The fourth-order valence-corrected chi connectivity index (χ4v) is 0.250. The van der Waals surface area contributed by atoms with Crippen LogP contribution in [-0.2, 0) is 0 Å². The second-order valence-corrected chi connectivity index (χ2v) is 1.10. The van der Waals surface area contributed by atoms with Gasteiger partial charge in [-0.25, -0.2) is 0 Å². The monoisotopic (exact) mass is 105 g/mol. The van der Waals surface area contributed by atoms with Gasteiger partial charge in [-0.1, -0.05) is 21.8 Å². The Kier molecular flexibility index (Phi) is 37.7. The lowest BCUT2D eigenvalue weighted by atomic mass is 10.5. The fourth-order valence-electron chi connectivity index (χ4n) is 0.250. The van der Waals surface area contributed by atoms with Gasteiger partial charge in [-0.2, -0.15) is 0 Å². The van der Waals surface area contributed by atoms with Crippen LogP contribution in [0.15, 0.2) is 0 Å². The Morgan fingerprint density at radius 1 is 1.29 bits per heavy atom. The third kappa shape index (κ3) is 24.3. The molecule has 0 bridgehead atoms. The van der Waals surface area contributed by atoms with Crippen LogP contribution < -0.4 is 5.32 Å². The fraction of sp³-hybridized carbons (Fsp3) is 1.00. The first-order chi connectivity index (χ1) is 2.41. The molecule has 0 aromatic rings. The minimum Gasteiger partial charge on any atom is -0.320 e. The summed E-state index contributed by atoms with van der Waals surface area (Å²) >= 11 is 0. The molecule has 0 amide bonds. The lowest BCUT2D eigenvalue weighted by molar-refractivity contribution is 0.772. The Hall–Kier alpha value is -0.0400. The number of rotatable bonds is 2. The van der Waals surface area contributed by atoms with E-state index in [1.54, 1.807) is 0 Å². The molecule has 0 saturated heterocycles. The Morgan fingerprint density at radius 3 is 1.71 bits per heavy atom. The second-order valence-electron chi connectivity index (χ2n) is 1.10. The van der Waals surface area contributed by atoms with Gasteiger partial charge in [-0.3, -0.25) is 0 Å². The zero-order valence-corrected chi connectivity index (χ0v) is 3.91. The van der Waals surface area contributed by atoms with E-state index in [1.165, 1.54) is 6.42 Å². The highest BCUT2D eigenvalue weighted by atomic mass is 14.8. The molecule has 0 rings (SSSR count). The standard InChI is InChI=1S/C4H11N.2CH4/c1-3-4-5-2;;/h5H,3-4H2,1-2H3;2*1H4. The largest absolute Gasteiger partial charge is 0.320 e. The van der Waals surface area contributed by atoms with Gasteiger partial charge in [0.15, 0.2) is 0 Å². The van der Waals surface area contributed by atoms with Crippen molar-refractivity contribution in [2.75, 3.05) is 13.6 Å². The van der Waals surface area contributed by atoms with Crippen LogP contribution in [-0.4, -0.2) is 13.6 Å². The minimum absolute atomic E-state index is 0. The maximum absolute atomic E-state index is 3.02. The Bertz CT molecular complexity index is 11.7. The summed E-state index contributed by atoms with van der Waals surface area (Å²) in [6.45, 7) is 3.29. The van der Waals surface area contributed by atoms with Crippen molar-refractivity contribution >= 4 is 0 Å². The summed E-state index contributed by atoms with van der Waals surface area (Å²) in [5, 5.41) is 3.02. The van der Waals surface area contributed by atoms with E-state index < -0.39 is 0 Å². The van der Waals surface area contributed by atoms with Crippen LogP contribution in [0.1, 0.15) is 28.2 Å². The molecule has 0 aliphatic heterocycles. The molecule has 0 spiro atoms. The van der Waals surface area contributed by atoms with E-state index in [-0.39, 0.29) is 14.9 Å². The molecule has 1 heteroatoms. The third-order valence-electron chi connectivity index (χ3n) is 0.500. The lowest BCUT2D eigenvalue weighted by Crippen LogP contribution is -2.04. The molecule has 0 aliphatic carbocycles. The molecule has 0 radical (unpaired) electrons. The maximum Gasteiger partial charge on any atom is -0.00546 e. The van der Waals surface area contributed by atoms with Crippen molar-refractivity contribution in [2.24, 2.45) is 0 Å². The van der Waals surface area contributed by atoms with Crippen molar-refractivity contribution in [3.05, 3.63) is 0 Å². The Balaban J connectivity index is -0.0000000800. The molecule has 0 aromatic heterocycles. The van der Waals surface area contributed by atoms with Crippen LogP contribution in [0, 0.1) is 0 Å². The summed E-state index contributed by atoms with van der Waals surface area (Å²) in [4.78, 5) is 0. The van der Waals surface area contributed by atoms with E-state index in [2.05, 4.69) is 12.2 Å². The highest BCUT2D eigenvalue weighted by Crippen LogP contribution is 1.62. The molecule has 0 atom stereocenters. The molecule has 1 N–H and O–H groups in total. The van der Waals surface area contributed by atoms with Crippen LogP contribution >= 0.6 is 0 Å². The van der Waals surface area contributed by atoms with Gasteiger partial charge in [0, 0.05) is 0 Å². The van der Waals surface area contributed by atoms with Crippen molar-refractivity contribution in [2.45, 2.75) is 28.2 Å². The van der Waals surface area contributed by atoms with Crippen molar-refractivity contribution in [3.8, 4) is 0 Å². The molecule has 0 saturated carbocycles. The van der Waals surface area contributed by atoms with E-state index >= 15 is 0 Å². The smallest absolute Gasteiger partial charge is 0.00546 e. The minimum atomic E-state index is 0.